The fraction of sp³-hybridized carbons (Fsp3) is 0.533. The van der Waals surface area contributed by atoms with Gasteiger partial charge in [0, 0.05) is 18.8 Å². The van der Waals surface area contributed by atoms with E-state index in [1.807, 2.05) is 12.1 Å². The molecule has 0 heterocycles. The Labute approximate surface area is 131 Å². The maximum absolute atomic E-state index is 13.8. The molecule has 1 unspecified atom stereocenters. The molecule has 2 atom stereocenters. The number of ether oxygens (including phenoxy) is 1. The first-order valence-electron chi connectivity index (χ1n) is 6.96. The molecule has 0 aliphatic heterocycles. The van der Waals surface area contributed by atoms with E-state index in [9.17, 15) is 9.18 Å². The number of rotatable bonds is 7. The zero-order valence-electron chi connectivity index (χ0n) is 12.7. The summed E-state index contributed by atoms with van der Waals surface area (Å²) in [4.78, 5) is 13.5. The average Bonchev–Trinajstić information content (AvgIpc) is 2.48. The van der Waals surface area contributed by atoms with Crippen LogP contribution in [0.25, 0.3) is 0 Å². The van der Waals surface area contributed by atoms with E-state index in [-0.39, 0.29) is 19.0 Å². The molecule has 0 aliphatic rings. The number of nitrogens with zero attached hydrogens (tertiary/aromatic N) is 1. The van der Waals surface area contributed by atoms with Gasteiger partial charge in [-0.25, -0.2) is 9.18 Å². The second kappa shape index (κ2) is 9.58. The number of anilines is 1. The highest BCUT2D eigenvalue weighted by molar-refractivity contribution is 5.85. The van der Waals surface area contributed by atoms with Crippen LogP contribution >= 0.6 is 12.4 Å². The summed E-state index contributed by atoms with van der Waals surface area (Å²) >= 11 is 0. The summed E-state index contributed by atoms with van der Waals surface area (Å²) < 4.78 is 18.5. The molecule has 2 N–H and O–H groups in total. The van der Waals surface area contributed by atoms with Crippen molar-refractivity contribution in [3.8, 4) is 0 Å². The number of alkyl halides is 1. The predicted molar refractivity (Wildman–Crippen MR) is 85.7 cm³/mol. The van der Waals surface area contributed by atoms with Gasteiger partial charge in [-0.15, -0.1) is 12.4 Å². The average molecular weight is 319 g/mol. The van der Waals surface area contributed by atoms with Crippen molar-refractivity contribution in [2.45, 2.75) is 33.0 Å². The zero-order chi connectivity index (χ0) is 15.1. The van der Waals surface area contributed by atoms with E-state index >= 15 is 0 Å². The highest BCUT2D eigenvalue weighted by atomic mass is 35.5. The number of hydrogen-bond donors (Lipinski definition) is 1. The summed E-state index contributed by atoms with van der Waals surface area (Å²) in [5, 5.41) is 0. The largest absolute Gasteiger partial charge is 0.464 e. The molecular weight excluding hydrogens is 295 g/mol. The van der Waals surface area contributed by atoms with Crippen molar-refractivity contribution in [1.82, 2.24) is 0 Å². The van der Waals surface area contributed by atoms with Crippen LogP contribution in [0.5, 0.6) is 0 Å². The second-order valence-corrected chi connectivity index (χ2v) is 4.44. The molecule has 6 heteroatoms. The number of carbonyl (C=O) groups excluding carboxylic acids is 1. The normalized spacial score (nSPS) is 13.0. The topological polar surface area (TPSA) is 55.6 Å². The molecule has 0 radical (unpaired) electrons. The number of nitrogens with two attached hydrogens (primary N) is 1. The van der Waals surface area contributed by atoms with Crippen LogP contribution in [0.4, 0.5) is 10.1 Å². The Morgan fingerprint density at radius 3 is 2.19 bits per heavy atom. The van der Waals surface area contributed by atoms with Crippen molar-refractivity contribution >= 4 is 24.1 Å². The third-order valence-corrected chi connectivity index (χ3v) is 3.23. The summed E-state index contributed by atoms with van der Waals surface area (Å²) in [5.41, 5.74) is 7.41. The second-order valence-electron chi connectivity index (χ2n) is 4.44. The Kier molecular flexibility index (Phi) is 8.97. The van der Waals surface area contributed by atoms with Crippen molar-refractivity contribution in [1.29, 1.82) is 0 Å². The lowest BCUT2D eigenvalue weighted by Crippen LogP contribution is -2.31. The van der Waals surface area contributed by atoms with Gasteiger partial charge in [-0.3, -0.25) is 0 Å². The molecule has 0 amide bonds. The van der Waals surface area contributed by atoms with E-state index in [2.05, 4.69) is 23.5 Å². The number of carbonyl (C=O) groups is 1. The van der Waals surface area contributed by atoms with Gasteiger partial charge in [-0.05, 0) is 38.5 Å². The molecule has 0 aromatic heterocycles. The molecule has 120 valence electrons. The Bertz CT molecular complexity index is 424. The quantitative estimate of drug-likeness (QED) is 0.785. The van der Waals surface area contributed by atoms with Crippen molar-refractivity contribution in [3.05, 3.63) is 29.8 Å². The van der Waals surface area contributed by atoms with E-state index in [1.54, 1.807) is 19.1 Å². The third-order valence-electron chi connectivity index (χ3n) is 3.23. The number of benzene rings is 1. The van der Waals surface area contributed by atoms with Crippen LogP contribution in [0.1, 0.15) is 32.4 Å². The molecule has 0 spiro atoms. The van der Waals surface area contributed by atoms with E-state index in [0.717, 1.165) is 18.8 Å². The summed E-state index contributed by atoms with van der Waals surface area (Å²) in [7, 11) is 0. The van der Waals surface area contributed by atoms with Gasteiger partial charge < -0.3 is 15.4 Å². The molecule has 1 rings (SSSR count). The highest BCUT2D eigenvalue weighted by Gasteiger charge is 2.27. The Balaban J connectivity index is 0.00000400. The summed E-state index contributed by atoms with van der Waals surface area (Å²) in [5.74, 6) is -0.909. The van der Waals surface area contributed by atoms with Crippen molar-refractivity contribution in [3.63, 3.8) is 0 Å². The summed E-state index contributed by atoms with van der Waals surface area (Å²) in [6, 6.07) is 6.29. The molecular formula is C15H24ClFN2O2. The van der Waals surface area contributed by atoms with Gasteiger partial charge in [0.15, 0.2) is 0 Å². The first-order chi connectivity index (χ1) is 9.54. The third kappa shape index (κ3) is 5.17. The fourth-order valence-corrected chi connectivity index (χ4v) is 2.03. The van der Waals surface area contributed by atoms with Gasteiger partial charge in [-0.1, -0.05) is 12.1 Å². The van der Waals surface area contributed by atoms with Crippen molar-refractivity contribution < 1.29 is 13.9 Å². The monoisotopic (exact) mass is 318 g/mol. The molecule has 21 heavy (non-hydrogen) atoms. The molecule has 1 aromatic rings. The molecule has 0 fully saturated rings. The molecule has 4 nitrogen and oxygen atoms in total. The van der Waals surface area contributed by atoms with Gasteiger partial charge in [0.25, 0.3) is 0 Å². The molecule has 0 saturated carbocycles. The first-order valence-corrected chi connectivity index (χ1v) is 6.96. The lowest BCUT2D eigenvalue weighted by atomic mass is 10.0. The van der Waals surface area contributed by atoms with E-state index in [4.69, 9.17) is 5.73 Å². The lowest BCUT2D eigenvalue weighted by molar-refractivity contribution is -0.149. The molecule has 0 saturated heterocycles. The molecule has 0 aliphatic carbocycles. The predicted octanol–water partition coefficient (Wildman–Crippen LogP) is 2.86. The molecule has 0 bridgehead atoms. The van der Waals surface area contributed by atoms with E-state index in [0.29, 0.717) is 5.56 Å². The maximum atomic E-state index is 13.8. The fourth-order valence-electron chi connectivity index (χ4n) is 2.03. The molecule has 1 aromatic carbocycles. The van der Waals surface area contributed by atoms with Crippen LogP contribution in [0, 0.1) is 0 Å². The van der Waals surface area contributed by atoms with Gasteiger partial charge in [0.05, 0.1) is 12.6 Å². The lowest BCUT2D eigenvalue weighted by Gasteiger charge is -2.22. The standard InChI is InChI=1S/C15H23FN2O2.ClH/c1-4-18(5-2)12-9-7-11(8-10-12)14(17)13(16)15(19)20-6-3;/h7-10,13-14H,4-6,17H2,1-3H3;1H/t13?,14-;/m0./s1. The first kappa shape index (κ1) is 19.7. The minimum atomic E-state index is -1.84. The van der Waals surface area contributed by atoms with Crippen molar-refractivity contribution in [2.75, 3.05) is 24.6 Å². The van der Waals surface area contributed by atoms with Crippen LogP contribution in [-0.4, -0.2) is 31.8 Å². The van der Waals surface area contributed by atoms with Crippen LogP contribution in [0.3, 0.4) is 0 Å². The minimum Gasteiger partial charge on any atom is -0.464 e. The SMILES string of the molecule is CCOC(=O)C(F)[C@@H](N)c1ccc(N(CC)CC)cc1.Cl. The zero-order valence-corrected chi connectivity index (χ0v) is 13.5. The van der Waals surface area contributed by atoms with Gasteiger partial charge in [0.2, 0.25) is 6.17 Å². The van der Waals surface area contributed by atoms with Gasteiger partial charge in [0.1, 0.15) is 0 Å². The maximum Gasteiger partial charge on any atom is 0.342 e. The number of esters is 1. The van der Waals surface area contributed by atoms with E-state index < -0.39 is 18.2 Å². The van der Waals surface area contributed by atoms with E-state index in [1.165, 1.54) is 0 Å². The number of halogens is 2. The van der Waals surface area contributed by atoms with Gasteiger partial charge >= 0.3 is 5.97 Å². The van der Waals surface area contributed by atoms with Crippen LogP contribution in [-0.2, 0) is 9.53 Å². The van der Waals surface area contributed by atoms with Crippen LogP contribution in [0.15, 0.2) is 24.3 Å². The smallest absolute Gasteiger partial charge is 0.342 e. The van der Waals surface area contributed by atoms with Crippen LogP contribution in [0.2, 0.25) is 0 Å². The van der Waals surface area contributed by atoms with Crippen LogP contribution < -0.4 is 10.6 Å². The van der Waals surface area contributed by atoms with Gasteiger partial charge in [-0.2, -0.15) is 0 Å². The Morgan fingerprint density at radius 2 is 1.76 bits per heavy atom. The highest BCUT2D eigenvalue weighted by Crippen LogP contribution is 2.22. The summed E-state index contributed by atoms with van der Waals surface area (Å²) in [6.07, 6.45) is -1.84. The Morgan fingerprint density at radius 1 is 1.24 bits per heavy atom. The Hall–Kier alpha value is -1.33. The summed E-state index contributed by atoms with van der Waals surface area (Å²) in [6.45, 7) is 7.72. The minimum absolute atomic E-state index is 0. The van der Waals surface area contributed by atoms with Crippen molar-refractivity contribution in [2.24, 2.45) is 5.73 Å². The number of hydrogen-bond acceptors (Lipinski definition) is 4.